The first-order valence-corrected chi connectivity index (χ1v) is 10.2. The van der Waals surface area contributed by atoms with Gasteiger partial charge in [-0.05, 0) is 47.9 Å². The van der Waals surface area contributed by atoms with Gasteiger partial charge >= 0.3 is 0 Å². The van der Waals surface area contributed by atoms with Crippen molar-refractivity contribution in [1.29, 1.82) is 0 Å². The smallest absolute Gasteiger partial charge is 0.282 e. The number of imide groups is 1. The number of aryl methyl sites for hydroxylation is 1. The number of likely N-dealkylation sites (N-methyl/N-ethyl adjacent to an activating group) is 1. The number of methoxy groups -OCH3 is 1. The van der Waals surface area contributed by atoms with Crippen LogP contribution in [0.25, 0.3) is 5.57 Å². The molecule has 0 N–H and O–H groups in total. The Labute approximate surface area is 186 Å². The van der Waals surface area contributed by atoms with Crippen molar-refractivity contribution in [2.24, 2.45) is 0 Å². The van der Waals surface area contributed by atoms with E-state index in [9.17, 15) is 14.0 Å². The van der Waals surface area contributed by atoms with Gasteiger partial charge in [-0.2, -0.15) is 0 Å². The Kier molecular flexibility index (Phi) is 5.77. The SMILES string of the molecule is COc1ccc(C)cc1N1C(=O)C(c2ccc(F)cc2)=C(N(C)Cc2ccccc2)C1=O. The lowest BCUT2D eigenvalue weighted by atomic mass is 10.0. The molecule has 0 saturated carbocycles. The van der Waals surface area contributed by atoms with Gasteiger partial charge in [-0.1, -0.05) is 48.5 Å². The van der Waals surface area contributed by atoms with Crippen molar-refractivity contribution in [3.63, 3.8) is 0 Å². The fourth-order valence-electron chi connectivity index (χ4n) is 3.88. The molecule has 32 heavy (non-hydrogen) atoms. The molecule has 4 rings (SSSR count). The van der Waals surface area contributed by atoms with Crippen LogP contribution < -0.4 is 9.64 Å². The molecule has 0 spiro atoms. The van der Waals surface area contributed by atoms with E-state index >= 15 is 0 Å². The normalized spacial score (nSPS) is 13.7. The molecule has 0 aliphatic carbocycles. The number of carbonyl (C=O) groups excluding carboxylic acids is 2. The molecule has 1 aliphatic rings. The van der Waals surface area contributed by atoms with Gasteiger partial charge in [-0.15, -0.1) is 0 Å². The van der Waals surface area contributed by atoms with Crippen LogP contribution in [-0.2, 0) is 16.1 Å². The summed E-state index contributed by atoms with van der Waals surface area (Å²) in [6.45, 7) is 2.31. The minimum atomic E-state index is -0.472. The average Bonchev–Trinajstić information content (AvgIpc) is 3.05. The van der Waals surface area contributed by atoms with Crippen LogP contribution in [0.15, 0.2) is 78.5 Å². The fourth-order valence-corrected chi connectivity index (χ4v) is 3.88. The molecular formula is C26H23FN2O3. The number of ether oxygens (including phenoxy) is 1. The molecule has 0 saturated heterocycles. The second kappa shape index (κ2) is 8.67. The van der Waals surface area contributed by atoms with E-state index in [1.807, 2.05) is 43.3 Å². The topological polar surface area (TPSA) is 49.9 Å². The second-order valence-electron chi connectivity index (χ2n) is 7.69. The number of rotatable bonds is 6. The van der Waals surface area contributed by atoms with Crippen molar-refractivity contribution < 1.29 is 18.7 Å². The minimum Gasteiger partial charge on any atom is -0.495 e. The van der Waals surface area contributed by atoms with Crippen LogP contribution in [0.5, 0.6) is 5.75 Å². The van der Waals surface area contributed by atoms with E-state index in [4.69, 9.17) is 4.74 Å². The summed E-state index contributed by atoms with van der Waals surface area (Å²) < 4.78 is 19.0. The van der Waals surface area contributed by atoms with E-state index < -0.39 is 17.6 Å². The summed E-state index contributed by atoms with van der Waals surface area (Å²) in [7, 11) is 3.27. The minimum absolute atomic E-state index is 0.233. The van der Waals surface area contributed by atoms with Crippen LogP contribution in [-0.4, -0.2) is 30.9 Å². The molecule has 0 fully saturated rings. The Bertz CT molecular complexity index is 1200. The van der Waals surface area contributed by atoms with Gasteiger partial charge in [-0.25, -0.2) is 9.29 Å². The number of anilines is 1. The predicted octanol–water partition coefficient (Wildman–Crippen LogP) is 4.56. The molecule has 0 aromatic heterocycles. The third-order valence-electron chi connectivity index (χ3n) is 5.41. The largest absolute Gasteiger partial charge is 0.495 e. The number of carbonyl (C=O) groups is 2. The van der Waals surface area contributed by atoms with Gasteiger partial charge in [0.1, 0.15) is 17.3 Å². The summed E-state index contributed by atoms with van der Waals surface area (Å²) in [4.78, 5) is 30.2. The molecular weight excluding hydrogens is 407 g/mol. The summed E-state index contributed by atoms with van der Waals surface area (Å²) in [5.74, 6) is -0.915. The molecule has 1 aliphatic heterocycles. The van der Waals surface area contributed by atoms with Crippen LogP contribution in [0.2, 0.25) is 0 Å². The van der Waals surface area contributed by atoms with Gasteiger partial charge in [0.15, 0.2) is 0 Å². The Morgan fingerprint density at radius 1 is 0.938 bits per heavy atom. The Balaban J connectivity index is 1.83. The molecule has 2 amide bonds. The number of hydrogen-bond acceptors (Lipinski definition) is 4. The van der Waals surface area contributed by atoms with Gasteiger partial charge in [0.2, 0.25) is 0 Å². The van der Waals surface area contributed by atoms with E-state index in [-0.39, 0.29) is 11.3 Å². The molecule has 0 unspecified atom stereocenters. The van der Waals surface area contributed by atoms with Crippen molar-refractivity contribution in [2.45, 2.75) is 13.5 Å². The highest BCUT2D eigenvalue weighted by Crippen LogP contribution is 2.39. The zero-order valence-corrected chi connectivity index (χ0v) is 18.1. The quantitative estimate of drug-likeness (QED) is 0.538. The number of benzene rings is 3. The van der Waals surface area contributed by atoms with E-state index in [0.717, 1.165) is 16.0 Å². The Hall–Kier alpha value is -3.93. The maximum Gasteiger partial charge on any atom is 0.282 e. The maximum absolute atomic E-state index is 13.7. The van der Waals surface area contributed by atoms with Crippen molar-refractivity contribution in [3.8, 4) is 5.75 Å². The van der Waals surface area contributed by atoms with E-state index in [2.05, 4.69) is 0 Å². The fraction of sp³-hybridized carbons (Fsp3) is 0.154. The lowest BCUT2D eigenvalue weighted by Gasteiger charge is -2.22. The van der Waals surface area contributed by atoms with Crippen LogP contribution in [0.1, 0.15) is 16.7 Å². The zero-order chi connectivity index (χ0) is 22.8. The molecule has 0 atom stereocenters. The lowest BCUT2D eigenvalue weighted by molar-refractivity contribution is -0.120. The van der Waals surface area contributed by atoms with Gasteiger partial charge in [0.25, 0.3) is 11.8 Å². The third-order valence-corrected chi connectivity index (χ3v) is 5.41. The molecule has 5 nitrogen and oxygen atoms in total. The van der Waals surface area contributed by atoms with E-state index in [0.29, 0.717) is 23.5 Å². The molecule has 3 aromatic carbocycles. The van der Waals surface area contributed by atoms with Gasteiger partial charge < -0.3 is 9.64 Å². The highest BCUT2D eigenvalue weighted by molar-refractivity contribution is 6.45. The molecule has 162 valence electrons. The zero-order valence-electron chi connectivity index (χ0n) is 18.1. The Morgan fingerprint density at radius 3 is 2.28 bits per heavy atom. The standard InChI is InChI=1S/C26H23FN2O3/c1-17-9-14-22(32-3)21(15-17)29-25(30)23(19-10-12-20(27)13-11-19)24(26(29)31)28(2)16-18-7-5-4-6-8-18/h4-15H,16H2,1-3H3. The number of hydrogen-bond donors (Lipinski definition) is 0. The van der Waals surface area contributed by atoms with E-state index in [1.165, 1.54) is 31.4 Å². The van der Waals surface area contributed by atoms with Crippen LogP contribution in [0, 0.1) is 12.7 Å². The highest BCUT2D eigenvalue weighted by Gasteiger charge is 2.42. The number of nitrogens with zero attached hydrogens (tertiary/aromatic N) is 2. The average molecular weight is 430 g/mol. The number of halogens is 1. The molecule has 0 bridgehead atoms. The third kappa shape index (κ3) is 3.87. The van der Waals surface area contributed by atoms with Crippen molar-refractivity contribution in [1.82, 2.24) is 4.90 Å². The first kappa shape index (κ1) is 21.3. The summed E-state index contributed by atoms with van der Waals surface area (Å²) in [6.07, 6.45) is 0. The summed E-state index contributed by atoms with van der Waals surface area (Å²) in [5, 5.41) is 0. The Morgan fingerprint density at radius 2 is 1.62 bits per heavy atom. The van der Waals surface area contributed by atoms with Gasteiger partial charge in [0, 0.05) is 13.6 Å². The van der Waals surface area contributed by atoms with Crippen molar-refractivity contribution in [2.75, 3.05) is 19.1 Å². The number of amides is 2. The first-order chi connectivity index (χ1) is 15.4. The molecule has 6 heteroatoms. The van der Waals surface area contributed by atoms with Crippen molar-refractivity contribution >= 4 is 23.1 Å². The van der Waals surface area contributed by atoms with Crippen LogP contribution in [0.4, 0.5) is 10.1 Å². The summed E-state index contributed by atoms with van der Waals surface area (Å²) in [5.41, 5.74) is 3.23. The van der Waals surface area contributed by atoms with E-state index in [1.54, 1.807) is 24.1 Å². The summed E-state index contributed by atoms with van der Waals surface area (Å²) in [6, 6.07) is 20.6. The monoisotopic (exact) mass is 430 g/mol. The van der Waals surface area contributed by atoms with Crippen LogP contribution >= 0.6 is 0 Å². The van der Waals surface area contributed by atoms with Crippen LogP contribution in [0.3, 0.4) is 0 Å². The first-order valence-electron chi connectivity index (χ1n) is 10.2. The predicted molar refractivity (Wildman–Crippen MR) is 121 cm³/mol. The van der Waals surface area contributed by atoms with Crippen molar-refractivity contribution in [3.05, 3.63) is 101 Å². The molecule has 0 radical (unpaired) electrons. The molecule has 1 heterocycles. The van der Waals surface area contributed by atoms with Gasteiger partial charge in [0.05, 0.1) is 18.4 Å². The summed E-state index contributed by atoms with van der Waals surface area (Å²) >= 11 is 0. The second-order valence-corrected chi connectivity index (χ2v) is 7.69. The lowest BCUT2D eigenvalue weighted by Crippen LogP contribution is -2.34. The molecule has 3 aromatic rings. The van der Waals surface area contributed by atoms with Gasteiger partial charge in [-0.3, -0.25) is 9.59 Å². The highest BCUT2D eigenvalue weighted by atomic mass is 19.1. The maximum atomic E-state index is 13.7.